The fourth-order valence-electron chi connectivity index (χ4n) is 1.62. The van der Waals surface area contributed by atoms with Crippen LogP contribution in [-0.2, 0) is 0 Å². The first-order valence-electron chi connectivity index (χ1n) is 5.96. The quantitative estimate of drug-likeness (QED) is 0.814. The van der Waals surface area contributed by atoms with E-state index >= 15 is 0 Å². The number of carboxylic acids is 1. The smallest absolute Gasteiger partial charge is 0.342 e. The van der Waals surface area contributed by atoms with Crippen molar-refractivity contribution in [1.29, 1.82) is 0 Å². The molecule has 3 nitrogen and oxygen atoms in total. The van der Waals surface area contributed by atoms with Crippen molar-refractivity contribution in [3.05, 3.63) is 29.6 Å². The maximum Gasteiger partial charge on any atom is 0.342 e. The van der Waals surface area contributed by atoms with Crippen LogP contribution < -0.4 is 4.74 Å². The first kappa shape index (κ1) is 14.5. The molecule has 100 valence electrons. The summed E-state index contributed by atoms with van der Waals surface area (Å²) in [6.07, 6.45) is 1.77. The van der Waals surface area contributed by atoms with Gasteiger partial charge in [-0.05, 0) is 30.4 Å². The Bertz CT molecular complexity index is 422. The van der Waals surface area contributed by atoms with Crippen molar-refractivity contribution in [1.82, 2.24) is 0 Å². The average Bonchev–Trinajstić information content (AvgIpc) is 2.22. The molecular weight excluding hydrogens is 235 g/mol. The van der Waals surface area contributed by atoms with E-state index in [0.29, 0.717) is 6.61 Å². The molecule has 1 aromatic rings. The summed E-state index contributed by atoms with van der Waals surface area (Å²) in [4.78, 5) is 10.9. The number of benzene rings is 1. The molecule has 0 amide bonds. The lowest BCUT2D eigenvalue weighted by molar-refractivity contribution is 0.0686. The minimum Gasteiger partial charge on any atom is -0.493 e. The van der Waals surface area contributed by atoms with Gasteiger partial charge in [0.05, 0.1) is 6.61 Å². The van der Waals surface area contributed by atoms with Crippen molar-refractivity contribution in [3.63, 3.8) is 0 Å². The maximum absolute atomic E-state index is 13.3. The standard InChI is InChI=1S/C14H19FO3/c1-14(2,3)8-5-9-18-11-7-4-6-10(15)12(11)13(16)17/h4,6-7H,5,8-9H2,1-3H3,(H,16,17). The summed E-state index contributed by atoms with van der Waals surface area (Å²) in [5, 5.41) is 8.91. The van der Waals surface area contributed by atoms with E-state index in [1.54, 1.807) is 0 Å². The molecule has 0 aromatic heterocycles. The van der Waals surface area contributed by atoms with Gasteiger partial charge in [0.15, 0.2) is 0 Å². The monoisotopic (exact) mass is 254 g/mol. The van der Waals surface area contributed by atoms with Crippen LogP contribution in [0.2, 0.25) is 0 Å². The molecule has 0 aliphatic carbocycles. The van der Waals surface area contributed by atoms with Gasteiger partial charge in [0.2, 0.25) is 0 Å². The molecule has 1 aromatic carbocycles. The molecule has 1 N–H and O–H groups in total. The van der Waals surface area contributed by atoms with Crippen LogP contribution in [0, 0.1) is 11.2 Å². The number of hydrogen-bond donors (Lipinski definition) is 1. The van der Waals surface area contributed by atoms with Crippen LogP contribution >= 0.6 is 0 Å². The van der Waals surface area contributed by atoms with Gasteiger partial charge in [-0.3, -0.25) is 0 Å². The second-order valence-corrected chi connectivity index (χ2v) is 5.43. The molecule has 1 rings (SSSR count). The fraction of sp³-hybridized carbons (Fsp3) is 0.500. The van der Waals surface area contributed by atoms with Gasteiger partial charge in [-0.1, -0.05) is 26.8 Å². The molecular formula is C14H19FO3. The van der Waals surface area contributed by atoms with E-state index in [4.69, 9.17) is 9.84 Å². The van der Waals surface area contributed by atoms with Crippen LogP contribution in [0.15, 0.2) is 18.2 Å². The number of carbonyl (C=O) groups is 1. The lowest BCUT2D eigenvalue weighted by Gasteiger charge is -2.18. The lowest BCUT2D eigenvalue weighted by atomic mass is 9.91. The van der Waals surface area contributed by atoms with E-state index in [0.717, 1.165) is 18.9 Å². The minimum atomic E-state index is -1.31. The van der Waals surface area contributed by atoms with E-state index in [2.05, 4.69) is 20.8 Å². The van der Waals surface area contributed by atoms with Crippen molar-refractivity contribution in [2.75, 3.05) is 6.61 Å². The summed E-state index contributed by atoms with van der Waals surface area (Å²) in [5.74, 6) is -1.98. The zero-order valence-electron chi connectivity index (χ0n) is 11.0. The molecule has 0 bridgehead atoms. The molecule has 18 heavy (non-hydrogen) atoms. The zero-order valence-corrected chi connectivity index (χ0v) is 11.0. The molecule has 0 unspecified atom stereocenters. The molecule has 0 radical (unpaired) electrons. The summed E-state index contributed by atoms with van der Waals surface area (Å²) >= 11 is 0. The van der Waals surface area contributed by atoms with Gasteiger partial charge in [0.25, 0.3) is 0 Å². The third-order valence-corrected chi connectivity index (χ3v) is 2.52. The third kappa shape index (κ3) is 4.35. The molecule has 0 saturated heterocycles. The highest BCUT2D eigenvalue weighted by molar-refractivity contribution is 5.91. The van der Waals surface area contributed by atoms with Gasteiger partial charge < -0.3 is 9.84 Å². The molecule has 0 aliphatic rings. The number of ether oxygens (including phenoxy) is 1. The average molecular weight is 254 g/mol. The van der Waals surface area contributed by atoms with Crippen molar-refractivity contribution < 1.29 is 19.0 Å². The van der Waals surface area contributed by atoms with Crippen LogP contribution in [0.1, 0.15) is 44.0 Å². The molecule has 0 spiro atoms. The molecule has 0 fully saturated rings. The second kappa shape index (κ2) is 5.85. The van der Waals surface area contributed by atoms with Crippen molar-refractivity contribution in [2.24, 2.45) is 5.41 Å². The fourth-order valence-corrected chi connectivity index (χ4v) is 1.62. The van der Waals surface area contributed by atoms with Gasteiger partial charge in [0.1, 0.15) is 17.1 Å². The number of hydrogen-bond acceptors (Lipinski definition) is 2. The summed E-state index contributed by atoms with van der Waals surface area (Å²) in [5.41, 5.74) is -0.186. The van der Waals surface area contributed by atoms with Gasteiger partial charge >= 0.3 is 5.97 Å². The predicted molar refractivity (Wildman–Crippen MR) is 67.5 cm³/mol. The van der Waals surface area contributed by atoms with Crippen LogP contribution in [0.3, 0.4) is 0 Å². The Hall–Kier alpha value is -1.58. The van der Waals surface area contributed by atoms with Gasteiger partial charge in [0, 0.05) is 0 Å². The highest BCUT2D eigenvalue weighted by Crippen LogP contribution is 2.23. The van der Waals surface area contributed by atoms with Crippen molar-refractivity contribution in [3.8, 4) is 5.75 Å². The Morgan fingerprint density at radius 1 is 1.39 bits per heavy atom. The normalized spacial score (nSPS) is 11.3. The summed E-state index contributed by atoms with van der Waals surface area (Å²) < 4.78 is 18.7. The van der Waals surface area contributed by atoms with Crippen LogP contribution in [0.5, 0.6) is 5.75 Å². The van der Waals surface area contributed by atoms with Crippen molar-refractivity contribution >= 4 is 5.97 Å². The topological polar surface area (TPSA) is 46.5 Å². The molecule has 0 saturated carbocycles. The van der Waals surface area contributed by atoms with E-state index in [1.165, 1.54) is 12.1 Å². The molecule has 0 aliphatic heterocycles. The Morgan fingerprint density at radius 3 is 2.61 bits per heavy atom. The number of halogens is 1. The third-order valence-electron chi connectivity index (χ3n) is 2.52. The van der Waals surface area contributed by atoms with Crippen molar-refractivity contribution in [2.45, 2.75) is 33.6 Å². The van der Waals surface area contributed by atoms with E-state index in [1.807, 2.05) is 0 Å². The molecule has 4 heteroatoms. The highest BCUT2D eigenvalue weighted by Gasteiger charge is 2.17. The Morgan fingerprint density at radius 2 is 2.06 bits per heavy atom. The largest absolute Gasteiger partial charge is 0.493 e. The predicted octanol–water partition coefficient (Wildman–Crippen LogP) is 3.73. The van der Waals surface area contributed by atoms with Crippen LogP contribution in [-0.4, -0.2) is 17.7 Å². The van der Waals surface area contributed by atoms with Crippen LogP contribution in [0.4, 0.5) is 4.39 Å². The minimum absolute atomic E-state index is 0.0939. The molecule has 0 heterocycles. The number of carboxylic acid groups (broad SMARTS) is 1. The van der Waals surface area contributed by atoms with E-state index in [9.17, 15) is 9.18 Å². The SMILES string of the molecule is CC(C)(C)CCCOc1cccc(F)c1C(=O)O. The van der Waals surface area contributed by atoms with E-state index < -0.39 is 17.3 Å². The van der Waals surface area contributed by atoms with Gasteiger partial charge in [-0.25, -0.2) is 9.18 Å². The number of rotatable bonds is 5. The van der Waals surface area contributed by atoms with Gasteiger partial charge in [-0.2, -0.15) is 0 Å². The first-order chi connectivity index (χ1) is 8.31. The van der Waals surface area contributed by atoms with E-state index in [-0.39, 0.29) is 11.2 Å². The summed E-state index contributed by atoms with van der Waals surface area (Å²) in [7, 11) is 0. The Kier molecular flexibility index (Phi) is 4.70. The summed E-state index contributed by atoms with van der Waals surface area (Å²) in [6.45, 7) is 6.76. The zero-order chi connectivity index (χ0) is 13.8. The summed E-state index contributed by atoms with van der Waals surface area (Å²) in [6, 6.07) is 4.04. The Balaban J connectivity index is 2.63. The number of aromatic carboxylic acids is 1. The van der Waals surface area contributed by atoms with Gasteiger partial charge in [-0.15, -0.1) is 0 Å². The molecule has 0 atom stereocenters. The lowest BCUT2D eigenvalue weighted by Crippen LogP contribution is -2.10. The highest BCUT2D eigenvalue weighted by atomic mass is 19.1. The Labute approximate surface area is 107 Å². The van der Waals surface area contributed by atoms with Crippen LogP contribution in [0.25, 0.3) is 0 Å². The maximum atomic E-state index is 13.3. The second-order valence-electron chi connectivity index (χ2n) is 5.43. The first-order valence-corrected chi connectivity index (χ1v) is 5.96.